The maximum absolute atomic E-state index is 12.7. The normalized spacial score (nSPS) is 18.9. The molecule has 0 aliphatic carbocycles. The predicted octanol–water partition coefficient (Wildman–Crippen LogP) is 1.87. The van der Waals surface area contributed by atoms with Gasteiger partial charge in [0, 0.05) is 45.3 Å². The average molecular weight is 384 g/mol. The SMILES string of the molecule is CCOC(=O)N1CCN(C(=O)N2CCC(NC(=O)OC(C)(C)C)CC2)CC1. The van der Waals surface area contributed by atoms with Gasteiger partial charge in [0.05, 0.1) is 6.61 Å². The van der Waals surface area contributed by atoms with Gasteiger partial charge in [0.2, 0.25) is 0 Å². The third-order valence-electron chi connectivity index (χ3n) is 4.56. The number of piperazine rings is 1. The second-order valence-electron chi connectivity index (χ2n) is 7.86. The Hall–Kier alpha value is -2.19. The van der Waals surface area contributed by atoms with Crippen molar-refractivity contribution in [2.24, 2.45) is 0 Å². The van der Waals surface area contributed by atoms with Crippen LogP contribution in [0, 0.1) is 0 Å². The monoisotopic (exact) mass is 384 g/mol. The number of carbonyl (C=O) groups excluding carboxylic acids is 3. The van der Waals surface area contributed by atoms with E-state index in [2.05, 4.69) is 5.32 Å². The van der Waals surface area contributed by atoms with E-state index in [1.165, 1.54) is 0 Å². The number of rotatable bonds is 2. The molecule has 9 heteroatoms. The topological polar surface area (TPSA) is 91.4 Å². The van der Waals surface area contributed by atoms with Crippen molar-refractivity contribution in [1.82, 2.24) is 20.0 Å². The van der Waals surface area contributed by atoms with E-state index in [9.17, 15) is 14.4 Å². The third-order valence-corrected chi connectivity index (χ3v) is 4.56. The molecule has 2 aliphatic heterocycles. The second-order valence-corrected chi connectivity index (χ2v) is 7.86. The van der Waals surface area contributed by atoms with E-state index in [0.717, 1.165) is 0 Å². The molecule has 0 bridgehead atoms. The molecule has 2 rings (SSSR count). The minimum Gasteiger partial charge on any atom is -0.450 e. The van der Waals surface area contributed by atoms with Crippen LogP contribution in [0.5, 0.6) is 0 Å². The number of ether oxygens (including phenoxy) is 2. The van der Waals surface area contributed by atoms with E-state index < -0.39 is 11.7 Å². The molecule has 4 amide bonds. The van der Waals surface area contributed by atoms with Crippen molar-refractivity contribution >= 4 is 18.2 Å². The maximum Gasteiger partial charge on any atom is 0.409 e. The van der Waals surface area contributed by atoms with Crippen molar-refractivity contribution in [1.29, 1.82) is 0 Å². The number of amides is 4. The Morgan fingerprint density at radius 2 is 1.44 bits per heavy atom. The number of likely N-dealkylation sites (tertiary alicyclic amines) is 1. The summed E-state index contributed by atoms with van der Waals surface area (Å²) in [5, 5.41) is 2.87. The largest absolute Gasteiger partial charge is 0.450 e. The Morgan fingerprint density at radius 3 is 1.96 bits per heavy atom. The third kappa shape index (κ3) is 6.48. The number of hydrogen-bond acceptors (Lipinski definition) is 5. The molecule has 0 atom stereocenters. The molecule has 2 fully saturated rings. The summed E-state index contributed by atoms with van der Waals surface area (Å²) in [5.74, 6) is 0. The van der Waals surface area contributed by atoms with E-state index in [1.54, 1.807) is 16.7 Å². The van der Waals surface area contributed by atoms with Gasteiger partial charge in [-0.25, -0.2) is 14.4 Å². The fourth-order valence-electron chi connectivity index (χ4n) is 3.18. The number of nitrogens with one attached hydrogen (secondary N) is 1. The van der Waals surface area contributed by atoms with E-state index in [4.69, 9.17) is 9.47 Å². The molecule has 0 aromatic carbocycles. The van der Waals surface area contributed by atoms with Crippen molar-refractivity contribution in [2.45, 2.75) is 52.2 Å². The molecule has 0 saturated carbocycles. The molecule has 0 spiro atoms. The van der Waals surface area contributed by atoms with E-state index in [1.807, 2.05) is 25.7 Å². The van der Waals surface area contributed by atoms with Crippen LogP contribution < -0.4 is 5.32 Å². The average Bonchev–Trinajstić information content (AvgIpc) is 2.60. The molecule has 154 valence electrons. The Bertz CT molecular complexity index is 532. The molecular formula is C18H32N4O5. The number of alkyl carbamates (subject to hydrolysis) is 1. The van der Waals surface area contributed by atoms with Crippen molar-refractivity contribution < 1.29 is 23.9 Å². The van der Waals surface area contributed by atoms with Crippen LogP contribution in [0.1, 0.15) is 40.5 Å². The highest BCUT2D eigenvalue weighted by Gasteiger charge is 2.31. The van der Waals surface area contributed by atoms with Gasteiger partial charge in [-0.2, -0.15) is 0 Å². The lowest BCUT2D eigenvalue weighted by atomic mass is 10.1. The lowest BCUT2D eigenvalue weighted by molar-refractivity contribution is 0.0476. The van der Waals surface area contributed by atoms with Gasteiger partial charge in [-0.1, -0.05) is 0 Å². The van der Waals surface area contributed by atoms with Gasteiger partial charge in [-0.05, 0) is 40.5 Å². The highest BCUT2D eigenvalue weighted by atomic mass is 16.6. The molecule has 2 aliphatic rings. The molecule has 0 aromatic rings. The van der Waals surface area contributed by atoms with Crippen LogP contribution >= 0.6 is 0 Å². The van der Waals surface area contributed by atoms with Gasteiger partial charge >= 0.3 is 18.2 Å². The van der Waals surface area contributed by atoms with Gasteiger partial charge < -0.3 is 29.5 Å². The molecule has 27 heavy (non-hydrogen) atoms. The summed E-state index contributed by atoms with van der Waals surface area (Å²) in [6, 6.07) is 0.0128. The number of piperidine rings is 1. The van der Waals surface area contributed by atoms with Gasteiger partial charge in [0.1, 0.15) is 5.60 Å². The Labute approximate surface area is 160 Å². The van der Waals surface area contributed by atoms with Crippen molar-refractivity contribution in [3.63, 3.8) is 0 Å². The van der Waals surface area contributed by atoms with E-state index in [0.29, 0.717) is 58.7 Å². The lowest BCUT2D eigenvalue weighted by Crippen LogP contribution is -2.56. The van der Waals surface area contributed by atoms with Crippen LogP contribution in [0.4, 0.5) is 14.4 Å². The van der Waals surface area contributed by atoms with Crippen LogP contribution in [0.2, 0.25) is 0 Å². The van der Waals surface area contributed by atoms with Gasteiger partial charge in [-0.15, -0.1) is 0 Å². The van der Waals surface area contributed by atoms with Crippen LogP contribution in [0.25, 0.3) is 0 Å². The predicted molar refractivity (Wildman–Crippen MR) is 99.5 cm³/mol. The van der Waals surface area contributed by atoms with E-state index in [-0.39, 0.29) is 18.2 Å². The number of urea groups is 1. The summed E-state index contributed by atoms with van der Waals surface area (Å²) in [4.78, 5) is 41.5. The molecule has 9 nitrogen and oxygen atoms in total. The smallest absolute Gasteiger partial charge is 0.409 e. The van der Waals surface area contributed by atoms with Crippen LogP contribution in [-0.2, 0) is 9.47 Å². The summed E-state index contributed by atoms with van der Waals surface area (Å²) < 4.78 is 10.3. The van der Waals surface area contributed by atoms with Gasteiger partial charge in [0.25, 0.3) is 0 Å². The molecule has 2 saturated heterocycles. The fraction of sp³-hybridized carbons (Fsp3) is 0.833. The summed E-state index contributed by atoms with van der Waals surface area (Å²) >= 11 is 0. The van der Waals surface area contributed by atoms with Crippen molar-refractivity contribution in [3.8, 4) is 0 Å². The molecular weight excluding hydrogens is 352 g/mol. The minimum atomic E-state index is -0.521. The van der Waals surface area contributed by atoms with Crippen molar-refractivity contribution in [2.75, 3.05) is 45.9 Å². The molecule has 0 aromatic heterocycles. The fourth-order valence-corrected chi connectivity index (χ4v) is 3.18. The number of hydrogen-bond donors (Lipinski definition) is 1. The van der Waals surface area contributed by atoms with Gasteiger partial charge in [0.15, 0.2) is 0 Å². The van der Waals surface area contributed by atoms with Gasteiger partial charge in [-0.3, -0.25) is 0 Å². The number of carbonyl (C=O) groups is 3. The molecule has 2 heterocycles. The molecule has 1 N–H and O–H groups in total. The Morgan fingerprint density at radius 1 is 0.926 bits per heavy atom. The number of nitrogens with zero attached hydrogens (tertiary/aromatic N) is 3. The first-order valence-corrected chi connectivity index (χ1v) is 9.64. The zero-order valence-corrected chi connectivity index (χ0v) is 16.8. The zero-order valence-electron chi connectivity index (χ0n) is 16.8. The van der Waals surface area contributed by atoms with E-state index >= 15 is 0 Å². The quantitative estimate of drug-likeness (QED) is 0.785. The second kappa shape index (κ2) is 9.14. The van der Waals surface area contributed by atoms with Crippen LogP contribution in [-0.4, -0.2) is 90.4 Å². The first-order valence-electron chi connectivity index (χ1n) is 9.64. The first-order chi connectivity index (χ1) is 12.7. The summed E-state index contributed by atoms with van der Waals surface area (Å²) in [7, 11) is 0. The zero-order chi connectivity index (χ0) is 20.0. The van der Waals surface area contributed by atoms with Crippen LogP contribution in [0.15, 0.2) is 0 Å². The standard InChI is InChI=1S/C18H32N4O5/c1-5-26-17(25)22-12-10-21(11-13-22)16(24)20-8-6-14(7-9-20)19-15(23)27-18(2,3)4/h14H,5-13H2,1-4H3,(H,19,23). The molecule has 0 radical (unpaired) electrons. The van der Waals surface area contributed by atoms with Crippen LogP contribution in [0.3, 0.4) is 0 Å². The summed E-state index contributed by atoms with van der Waals surface area (Å²) in [6.45, 7) is 10.8. The molecule has 0 unspecified atom stereocenters. The first kappa shape index (κ1) is 21.1. The Kier molecular flexibility index (Phi) is 7.15. The highest BCUT2D eigenvalue weighted by molar-refractivity contribution is 5.75. The maximum atomic E-state index is 12.7. The Balaban J connectivity index is 1.72. The lowest BCUT2D eigenvalue weighted by Gasteiger charge is -2.39. The summed E-state index contributed by atoms with van der Waals surface area (Å²) in [5.41, 5.74) is -0.521. The summed E-state index contributed by atoms with van der Waals surface area (Å²) in [6.07, 6.45) is 0.669. The minimum absolute atomic E-state index is 0.00535. The van der Waals surface area contributed by atoms with Crippen molar-refractivity contribution in [3.05, 3.63) is 0 Å². The highest BCUT2D eigenvalue weighted by Crippen LogP contribution is 2.15.